The van der Waals surface area contributed by atoms with E-state index in [4.69, 9.17) is 5.73 Å². The summed E-state index contributed by atoms with van der Waals surface area (Å²) in [7, 11) is 0. The van der Waals surface area contributed by atoms with Crippen molar-refractivity contribution >= 4 is 0 Å². The van der Waals surface area contributed by atoms with Gasteiger partial charge in [-0.05, 0) is 49.1 Å². The standard InChI is InChI=1S/C16H17F2N/c1-11-5-3-4-6-13(11)16(2,19)10-12-7-8-14(17)15(18)9-12/h3-9H,10,19H2,1-2H3. The highest BCUT2D eigenvalue weighted by molar-refractivity contribution is 5.34. The van der Waals surface area contributed by atoms with Crippen LogP contribution in [0.2, 0.25) is 0 Å². The molecule has 0 saturated carbocycles. The number of aryl methyl sites for hydroxylation is 1. The Kier molecular flexibility index (Phi) is 3.67. The molecule has 1 atom stereocenters. The lowest BCUT2D eigenvalue weighted by atomic mass is 9.84. The second-order valence-electron chi connectivity index (χ2n) is 5.16. The Morgan fingerprint density at radius 2 is 1.74 bits per heavy atom. The van der Waals surface area contributed by atoms with Crippen molar-refractivity contribution in [3.05, 3.63) is 70.8 Å². The van der Waals surface area contributed by atoms with E-state index in [1.54, 1.807) is 6.07 Å². The topological polar surface area (TPSA) is 26.0 Å². The zero-order valence-electron chi connectivity index (χ0n) is 11.1. The van der Waals surface area contributed by atoms with Crippen molar-refractivity contribution in [1.82, 2.24) is 0 Å². The van der Waals surface area contributed by atoms with Crippen LogP contribution in [0.3, 0.4) is 0 Å². The Balaban J connectivity index is 2.31. The van der Waals surface area contributed by atoms with Gasteiger partial charge in [-0.1, -0.05) is 30.3 Å². The molecule has 3 heteroatoms. The average Bonchev–Trinajstić information content (AvgIpc) is 2.34. The van der Waals surface area contributed by atoms with E-state index in [2.05, 4.69) is 0 Å². The molecule has 0 radical (unpaired) electrons. The third-order valence-corrected chi connectivity index (χ3v) is 3.32. The first-order valence-corrected chi connectivity index (χ1v) is 6.19. The van der Waals surface area contributed by atoms with Crippen LogP contribution in [0.15, 0.2) is 42.5 Å². The lowest BCUT2D eigenvalue weighted by Gasteiger charge is -2.27. The number of halogens is 2. The van der Waals surface area contributed by atoms with Gasteiger partial charge in [-0.25, -0.2) is 8.78 Å². The van der Waals surface area contributed by atoms with E-state index in [1.807, 2.05) is 38.1 Å². The fourth-order valence-electron chi connectivity index (χ4n) is 2.38. The summed E-state index contributed by atoms with van der Waals surface area (Å²) < 4.78 is 26.1. The summed E-state index contributed by atoms with van der Waals surface area (Å²) in [5, 5.41) is 0. The number of hydrogen-bond acceptors (Lipinski definition) is 1. The molecule has 0 bridgehead atoms. The van der Waals surface area contributed by atoms with Crippen molar-refractivity contribution < 1.29 is 8.78 Å². The fourth-order valence-corrected chi connectivity index (χ4v) is 2.38. The number of nitrogens with two attached hydrogens (primary N) is 1. The zero-order chi connectivity index (χ0) is 14.0. The van der Waals surface area contributed by atoms with Crippen molar-refractivity contribution in [2.45, 2.75) is 25.8 Å². The molecule has 0 saturated heterocycles. The first kappa shape index (κ1) is 13.7. The van der Waals surface area contributed by atoms with Crippen molar-refractivity contribution in [2.75, 3.05) is 0 Å². The molecule has 100 valence electrons. The van der Waals surface area contributed by atoms with Crippen molar-refractivity contribution in [2.24, 2.45) is 5.73 Å². The van der Waals surface area contributed by atoms with Gasteiger partial charge in [0.2, 0.25) is 0 Å². The van der Waals surface area contributed by atoms with Crippen LogP contribution in [0.1, 0.15) is 23.6 Å². The molecule has 2 rings (SSSR count). The van der Waals surface area contributed by atoms with Gasteiger partial charge in [-0.3, -0.25) is 0 Å². The summed E-state index contributed by atoms with van der Waals surface area (Å²) in [6.45, 7) is 3.89. The van der Waals surface area contributed by atoms with E-state index in [1.165, 1.54) is 6.07 Å². The van der Waals surface area contributed by atoms with Crippen LogP contribution in [0, 0.1) is 18.6 Å². The van der Waals surface area contributed by atoms with Gasteiger partial charge in [0.25, 0.3) is 0 Å². The van der Waals surface area contributed by atoms with Crippen LogP contribution in [-0.2, 0) is 12.0 Å². The minimum atomic E-state index is -0.835. The largest absolute Gasteiger partial charge is 0.321 e. The fraction of sp³-hybridized carbons (Fsp3) is 0.250. The maximum absolute atomic E-state index is 13.2. The molecule has 0 spiro atoms. The molecular weight excluding hydrogens is 244 g/mol. The van der Waals surface area contributed by atoms with Gasteiger partial charge in [-0.2, -0.15) is 0 Å². The summed E-state index contributed by atoms with van der Waals surface area (Å²) in [5.74, 6) is -1.67. The van der Waals surface area contributed by atoms with E-state index >= 15 is 0 Å². The molecule has 0 heterocycles. The van der Waals surface area contributed by atoms with Crippen LogP contribution in [0.4, 0.5) is 8.78 Å². The summed E-state index contributed by atoms with van der Waals surface area (Å²) in [6, 6.07) is 11.8. The van der Waals surface area contributed by atoms with Gasteiger partial charge in [0, 0.05) is 5.54 Å². The van der Waals surface area contributed by atoms with Crippen LogP contribution in [0.5, 0.6) is 0 Å². The maximum atomic E-state index is 13.2. The normalized spacial score (nSPS) is 14.2. The van der Waals surface area contributed by atoms with E-state index < -0.39 is 17.2 Å². The molecule has 0 aliphatic heterocycles. The smallest absolute Gasteiger partial charge is 0.159 e. The number of rotatable bonds is 3. The van der Waals surface area contributed by atoms with Gasteiger partial charge in [0.05, 0.1) is 0 Å². The first-order chi connectivity index (χ1) is 8.90. The van der Waals surface area contributed by atoms with Crippen LogP contribution < -0.4 is 5.73 Å². The summed E-state index contributed by atoms with van der Waals surface area (Å²) in [6.07, 6.45) is 0.453. The van der Waals surface area contributed by atoms with Crippen LogP contribution in [-0.4, -0.2) is 0 Å². The van der Waals surface area contributed by atoms with Crippen molar-refractivity contribution in [3.8, 4) is 0 Å². The molecule has 0 aliphatic rings. The minimum absolute atomic E-state index is 0.453. The second-order valence-corrected chi connectivity index (χ2v) is 5.16. The first-order valence-electron chi connectivity index (χ1n) is 6.19. The van der Waals surface area contributed by atoms with Crippen molar-refractivity contribution in [3.63, 3.8) is 0 Å². The third-order valence-electron chi connectivity index (χ3n) is 3.32. The molecule has 1 nitrogen and oxygen atoms in total. The number of hydrogen-bond donors (Lipinski definition) is 1. The molecule has 2 aromatic carbocycles. The lowest BCUT2D eigenvalue weighted by molar-refractivity contribution is 0.478. The summed E-state index contributed by atoms with van der Waals surface area (Å²) >= 11 is 0. The van der Waals surface area contributed by atoms with E-state index in [0.717, 1.165) is 17.2 Å². The highest BCUT2D eigenvalue weighted by Gasteiger charge is 2.23. The predicted molar refractivity (Wildman–Crippen MR) is 72.8 cm³/mol. The summed E-state index contributed by atoms with van der Waals surface area (Å²) in [5.41, 5.74) is 8.52. The molecule has 0 aromatic heterocycles. The molecular formula is C16H17F2N. The van der Waals surface area contributed by atoms with Gasteiger partial charge in [0.1, 0.15) is 0 Å². The molecule has 19 heavy (non-hydrogen) atoms. The molecule has 2 aromatic rings. The predicted octanol–water partition coefficient (Wildman–Crippen LogP) is 3.69. The minimum Gasteiger partial charge on any atom is -0.321 e. The van der Waals surface area contributed by atoms with Crippen LogP contribution >= 0.6 is 0 Å². The van der Waals surface area contributed by atoms with Gasteiger partial charge >= 0.3 is 0 Å². The Labute approximate surface area is 112 Å². The van der Waals surface area contributed by atoms with E-state index in [9.17, 15) is 8.78 Å². The zero-order valence-corrected chi connectivity index (χ0v) is 11.1. The Morgan fingerprint density at radius 3 is 2.37 bits per heavy atom. The van der Waals surface area contributed by atoms with Crippen LogP contribution in [0.25, 0.3) is 0 Å². The Bertz CT molecular complexity index is 591. The second kappa shape index (κ2) is 5.10. The molecule has 0 fully saturated rings. The molecule has 2 N–H and O–H groups in total. The third kappa shape index (κ3) is 2.99. The number of benzene rings is 2. The highest BCUT2D eigenvalue weighted by atomic mass is 19.2. The molecule has 0 aliphatic carbocycles. The van der Waals surface area contributed by atoms with Gasteiger partial charge in [0.15, 0.2) is 11.6 Å². The Morgan fingerprint density at radius 1 is 1.05 bits per heavy atom. The van der Waals surface area contributed by atoms with E-state index in [0.29, 0.717) is 12.0 Å². The average molecular weight is 261 g/mol. The lowest BCUT2D eigenvalue weighted by Crippen LogP contribution is -2.36. The molecule has 1 unspecified atom stereocenters. The quantitative estimate of drug-likeness (QED) is 0.896. The maximum Gasteiger partial charge on any atom is 0.159 e. The van der Waals surface area contributed by atoms with Gasteiger partial charge < -0.3 is 5.73 Å². The van der Waals surface area contributed by atoms with Gasteiger partial charge in [-0.15, -0.1) is 0 Å². The van der Waals surface area contributed by atoms with E-state index in [-0.39, 0.29) is 0 Å². The van der Waals surface area contributed by atoms with Crippen molar-refractivity contribution in [1.29, 1.82) is 0 Å². The SMILES string of the molecule is Cc1ccccc1C(C)(N)Cc1ccc(F)c(F)c1. The monoisotopic (exact) mass is 261 g/mol. The Hall–Kier alpha value is -1.74. The summed E-state index contributed by atoms with van der Waals surface area (Å²) in [4.78, 5) is 0. The highest BCUT2D eigenvalue weighted by Crippen LogP contribution is 2.26. The molecule has 0 amide bonds.